The van der Waals surface area contributed by atoms with Gasteiger partial charge in [0.25, 0.3) is 10.0 Å². The number of carbonyl (C=O) groups is 1. The topological polar surface area (TPSA) is 75.7 Å². The number of sulfonamides is 1. The number of benzene rings is 2. The van der Waals surface area contributed by atoms with Gasteiger partial charge in [0.2, 0.25) is 0 Å². The lowest BCUT2D eigenvalue weighted by molar-refractivity contribution is 0.209. The summed E-state index contributed by atoms with van der Waals surface area (Å²) in [6.07, 6.45) is 2.93. The molecule has 0 saturated carbocycles. The number of rotatable bonds is 0. The van der Waals surface area contributed by atoms with E-state index >= 15 is 0 Å². The summed E-state index contributed by atoms with van der Waals surface area (Å²) in [6, 6.07) is 10.7. The number of nitrogens with zero attached hydrogens (tertiary/aromatic N) is 1. The number of nitrogens with one attached hydrogen (secondary N) is 1. The van der Waals surface area contributed by atoms with Gasteiger partial charge in [0.15, 0.2) is 20.3 Å². The molecule has 5 rings (SSSR count). The zero-order chi connectivity index (χ0) is 23.1. The van der Waals surface area contributed by atoms with E-state index in [1.54, 1.807) is 26.3 Å². The van der Waals surface area contributed by atoms with Gasteiger partial charge in [0.05, 0.1) is 17.2 Å². The van der Waals surface area contributed by atoms with Crippen molar-refractivity contribution in [3.05, 3.63) is 52.5 Å². The average Bonchev–Trinajstić information content (AvgIpc) is 2.92. The van der Waals surface area contributed by atoms with Crippen LogP contribution in [-0.4, -0.2) is 70.1 Å². The summed E-state index contributed by atoms with van der Waals surface area (Å²) in [5.41, 5.74) is 2.82. The molecule has 33 heavy (non-hydrogen) atoms. The van der Waals surface area contributed by atoms with E-state index in [0.717, 1.165) is 24.3 Å². The summed E-state index contributed by atoms with van der Waals surface area (Å²) in [6.45, 7) is 1.09. The number of ether oxygens (including phenoxy) is 1. The fourth-order valence-corrected chi connectivity index (χ4v) is 5.98. The minimum absolute atomic E-state index is 0.00369. The summed E-state index contributed by atoms with van der Waals surface area (Å²) in [4.78, 5) is 14.1. The Morgan fingerprint density at radius 3 is 2.82 bits per heavy atom. The smallest absolute Gasteiger partial charge is 0.263 e. The van der Waals surface area contributed by atoms with E-state index in [2.05, 4.69) is 10.8 Å². The molecule has 0 saturated heterocycles. The Balaban J connectivity index is 1.58. The van der Waals surface area contributed by atoms with Crippen molar-refractivity contribution < 1.29 is 17.9 Å². The van der Waals surface area contributed by atoms with Crippen molar-refractivity contribution in [2.75, 3.05) is 18.0 Å². The molecule has 6 nitrogen and oxygen atoms in total. The molecular formula is C19H17B6ClN2O4S. The molecule has 2 bridgehead atoms. The minimum Gasteiger partial charge on any atom is -0.490 e. The summed E-state index contributed by atoms with van der Waals surface area (Å²) >= 11 is 6.27. The average molecular weight is 470 g/mol. The van der Waals surface area contributed by atoms with Gasteiger partial charge in [0.1, 0.15) is 5.75 Å². The van der Waals surface area contributed by atoms with Crippen molar-refractivity contribution in [1.29, 1.82) is 0 Å². The highest BCUT2D eigenvalue weighted by Gasteiger charge is 2.41. The summed E-state index contributed by atoms with van der Waals surface area (Å²) in [5, 5.41) is 0.723. The highest BCUT2D eigenvalue weighted by atomic mass is 35.5. The third kappa shape index (κ3) is 4.59. The van der Waals surface area contributed by atoms with Gasteiger partial charge in [-0.2, -0.15) is 0 Å². The van der Waals surface area contributed by atoms with Crippen molar-refractivity contribution in [3.63, 3.8) is 0 Å². The van der Waals surface area contributed by atoms with E-state index in [1.165, 1.54) is 31.4 Å². The first-order valence-corrected chi connectivity index (χ1v) is 12.6. The zero-order valence-electron chi connectivity index (χ0n) is 17.8. The van der Waals surface area contributed by atoms with Crippen LogP contribution < -0.4 is 14.3 Å². The molecule has 0 fully saturated rings. The lowest BCUT2D eigenvalue weighted by atomic mass is 8.97. The largest absolute Gasteiger partial charge is 0.490 e. The van der Waals surface area contributed by atoms with Crippen LogP contribution in [0.3, 0.4) is 0 Å². The SMILES string of the molecule is O=C1[B][B][B][B][B][B]N2CC3(CCCc4cc(Cl)ccc43)COc3ccc(cc32)S(=O)(=O)N1. The molecule has 0 aromatic heterocycles. The molecule has 158 valence electrons. The van der Waals surface area contributed by atoms with E-state index in [9.17, 15) is 13.2 Å². The molecule has 6 radical (unpaired) electrons. The number of amides is 1. The molecule has 1 unspecified atom stereocenters. The van der Waals surface area contributed by atoms with Crippen LogP contribution in [0, 0.1) is 0 Å². The Labute approximate surface area is 204 Å². The van der Waals surface area contributed by atoms with E-state index in [-0.39, 0.29) is 10.3 Å². The van der Waals surface area contributed by atoms with E-state index < -0.39 is 15.8 Å². The predicted molar refractivity (Wildman–Crippen MR) is 136 cm³/mol. The Bertz CT molecular complexity index is 1200. The quantitative estimate of drug-likeness (QED) is 0.581. The Hall–Kier alpha value is -1.86. The van der Waals surface area contributed by atoms with Gasteiger partial charge in [-0.05, 0) is 60.7 Å². The molecule has 2 heterocycles. The highest BCUT2D eigenvalue weighted by Crippen LogP contribution is 2.44. The van der Waals surface area contributed by atoms with Crippen LogP contribution in [0.25, 0.3) is 0 Å². The Morgan fingerprint density at radius 2 is 1.94 bits per heavy atom. The number of anilines is 1. The van der Waals surface area contributed by atoms with Crippen LogP contribution >= 0.6 is 11.6 Å². The Morgan fingerprint density at radius 1 is 1.09 bits per heavy atom. The minimum atomic E-state index is -4.03. The van der Waals surface area contributed by atoms with Crippen molar-refractivity contribution in [1.82, 2.24) is 4.72 Å². The molecule has 2 aliphatic heterocycles. The van der Waals surface area contributed by atoms with Gasteiger partial charge in [-0.3, -0.25) is 9.52 Å². The first-order chi connectivity index (χ1) is 15.9. The van der Waals surface area contributed by atoms with Crippen molar-refractivity contribution >= 4 is 75.8 Å². The van der Waals surface area contributed by atoms with Gasteiger partial charge < -0.3 is 9.55 Å². The first-order valence-electron chi connectivity index (χ1n) is 10.8. The predicted octanol–water partition coefficient (Wildman–Crippen LogP) is 0.940. The number of fused-ring (bicyclic) bond motifs is 3. The normalized spacial score (nSPS) is 23.4. The van der Waals surface area contributed by atoms with Gasteiger partial charge in [-0.25, -0.2) is 8.42 Å². The fraction of sp³-hybridized carbons (Fsp3) is 0.316. The second kappa shape index (κ2) is 9.06. The fourth-order valence-electron chi connectivity index (χ4n) is 4.82. The molecule has 1 amide bonds. The van der Waals surface area contributed by atoms with Crippen molar-refractivity contribution in [3.8, 4) is 5.75 Å². The Kier molecular flexibility index (Phi) is 6.29. The van der Waals surface area contributed by atoms with Gasteiger partial charge in [0, 0.05) is 45.2 Å². The third-order valence-electron chi connectivity index (χ3n) is 6.35. The number of halogens is 1. The lowest BCUT2D eigenvalue weighted by Crippen LogP contribution is -2.48. The van der Waals surface area contributed by atoms with Crippen LogP contribution in [0.5, 0.6) is 5.75 Å². The second-order valence-electron chi connectivity index (χ2n) is 8.54. The second-order valence-corrected chi connectivity index (χ2v) is 10.7. The van der Waals surface area contributed by atoms with Crippen LogP contribution in [0.1, 0.15) is 24.0 Å². The van der Waals surface area contributed by atoms with Gasteiger partial charge in [-0.1, -0.05) is 17.7 Å². The first kappa shape index (κ1) is 22.9. The molecule has 3 aliphatic rings. The molecule has 1 aliphatic carbocycles. The molecule has 2 aromatic carbocycles. The molecule has 1 atom stereocenters. The number of hydrogen-bond donors (Lipinski definition) is 1. The molecular weight excluding hydrogens is 453 g/mol. The van der Waals surface area contributed by atoms with Crippen LogP contribution in [0.15, 0.2) is 41.3 Å². The van der Waals surface area contributed by atoms with Gasteiger partial charge >= 0.3 is 0 Å². The van der Waals surface area contributed by atoms with E-state index in [4.69, 9.17) is 16.3 Å². The molecule has 14 heteroatoms. The standard InChI is InChI=1S/C19H17B6ClN2O4S/c26-13-3-5-15-12(8-13)2-1-7-19(15)10-28-16-9-14(4-6-17(16)32-11-19)33(30,31)27-18(29)20-21-22-23-24-25-28/h3-6,8-9H,1-2,7,10-11H2,(H,27,29). The number of aryl methyl sites for hydroxylation is 1. The zero-order valence-corrected chi connectivity index (χ0v) is 19.4. The monoisotopic (exact) mass is 470 g/mol. The maximum absolute atomic E-state index is 12.8. The number of carbonyl (C=O) groups excluding carboxylic acids is 1. The number of hydrogen-bond acceptors (Lipinski definition) is 5. The van der Waals surface area contributed by atoms with Crippen molar-refractivity contribution in [2.45, 2.75) is 29.6 Å². The van der Waals surface area contributed by atoms with Gasteiger partial charge in [-0.15, -0.1) is 0 Å². The van der Waals surface area contributed by atoms with Crippen LogP contribution in [-0.2, 0) is 21.9 Å². The third-order valence-corrected chi connectivity index (χ3v) is 7.93. The van der Waals surface area contributed by atoms with Crippen molar-refractivity contribution in [2.24, 2.45) is 0 Å². The summed E-state index contributed by atoms with van der Waals surface area (Å²) in [5.74, 6) is -0.109. The summed E-state index contributed by atoms with van der Waals surface area (Å²) in [7, 11) is 5.92. The summed E-state index contributed by atoms with van der Waals surface area (Å²) < 4.78 is 34.0. The maximum Gasteiger partial charge on any atom is 0.263 e. The van der Waals surface area contributed by atoms with Crippen LogP contribution in [0.4, 0.5) is 10.5 Å². The van der Waals surface area contributed by atoms with E-state index in [0.29, 0.717) is 24.6 Å². The maximum atomic E-state index is 12.8. The molecule has 1 N–H and O–H groups in total. The van der Waals surface area contributed by atoms with Crippen LogP contribution in [0.2, 0.25) is 5.02 Å². The molecule has 1 spiro atoms. The lowest BCUT2D eigenvalue weighted by Gasteiger charge is -2.41. The molecule has 2 aromatic rings. The highest BCUT2D eigenvalue weighted by molar-refractivity contribution is 7.90. The van der Waals surface area contributed by atoms with E-state index in [1.807, 2.05) is 31.3 Å².